The molecular formula is C21H19N3O3. The topological polar surface area (TPSA) is 81.2 Å². The van der Waals surface area contributed by atoms with Gasteiger partial charge in [-0.25, -0.2) is 0 Å². The number of furan rings is 1. The van der Waals surface area contributed by atoms with Crippen LogP contribution in [0.4, 0.5) is 0 Å². The maximum atomic E-state index is 12.5. The van der Waals surface area contributed by atoms with Crippen LogP contribution in [-0.4, -0.2) is 22.6 Å². The van der Waals surface area contributed by atoms with Crippen LogP contribution in [0.5, 0.6) is 0 Å². The quantitative estimate of drug-likeness (QED) is 0.579. The van der Waals surface area contributed by atoms with E-state index in [1.165, 1.54) is 0 Å². The molecule has 0 aliphatic carbocycles. The predicted molar refractivity (Wildman–Crippen MR) is 101 cm³/mol. The number of nitrogens with zero attached hydrogens (tertiary/aromatic N) is 2. The Bertz CT molecular complexity index is 1100. The van der Waals surface area contributed by atoms with Gasteiger partial charge in [0, 0.05) is 29.5 Å². The minimum atomic E-state index is -0.246. The lowest BCUT2D eigenvalue weighted by Crippen LogP contribution is -2.25. The van der Waals surface area contributed by atoms with E-state index in [-0.39, 0.29) is 5.91 Å². The Hall–Kier alpha value is -3.41. The lowest BCUT2D eigenvalue weighted by molar-refractivity contribution is 0.0927. The van der Waals surface area contributed by atoms with Crippen molar-refractivity contribution in [3.8, 4) is 11.5 Å². The predicted octanol–water partition coefficient (Wildman–Crippen LogP) is 4.07. The maximum Gasteiger partial charge on any atom is 0.287 e. The van der Waals surface area contributed by atoms with E-state index in [0.29, 0.717) is 36.1 Å². The van der Waals surface area contributed by atoms with Gasteiger partial charge >= 0.3 is 0 Å². The van der Waals surface area contributed by atoms with E-state index >= 15 is 0 Å². The Labute approximate surface area is 156 Å². The SMILES string of the molecule is Cc1ccc2oc(C(=O)NCCc3nnc(-c4ccccc4)o3)c(C)c2c1. The largest absolute Gasteiger partial charge is 0.451 e. The summed E-state index contributed by atoms with van der Waals surface area (Å²) in [7, 11) is 0. The number of rotatable bonds is 5. The van der Waals surface area contributed by atoms with Crippen molar-refractivity contribution in [2.75, 3.05) is 6.54 Å². The number of hydrogen-bond donors (Lipinski definition) is 1. The molecule has 4 aromatic rings. The summed E-state index contributed by atoms with van der Waals surface area (Å²) in [6.07, 6.45) is 0.448. The second-order valence-corrected chi connectivity index (χ2v) is 6.43. The van der Waals surface area contributed by atoms with Crippen molar-refractivity contribution in [2.24, 2.45) is 0 Å². The van der Waals surface area contributed by atoms with Crippen molar-refractivity contribution in [2.45, 2.75) is 20.3 Å². The Morgan fingerprint density at radius 3 is 2.67 bits per heavy atom. The summed E-state index contributed by atoms with van der Waals surface area (Å²) in [5.74, 6) is 1.04. The van der Waals surface area contributed by atoms with Gasteiger partial charge in [0.1, 0.15) is 5.58 Å². The molecule has 4 rings (SSSR count). The molecule has 0 aliphatic heterocycles. The molecule has 2 aromatic heterocycles. The van der Waals surface area contributed by atoms with Crippen molar-refractivity contribution in [3.05, 3.63) is 71.3 Å². The van der Waals surface area contributed by atoms with Crippen LogP contribution in [0.2, 0.25) is 0 Å². The molecule has 0 saturated carbocycles. The highest BCUT2D eigenvalue weighted by Crippen LogP contribution is 2.26. The molecule has 1 N–H and O–H groups in total. The van der Waals surface area contributed by atoms with Crippen molar-refractivity contribution in [1.82, 2.24) is 15.5 Å². The summed E-state index contributed by atoms with van der Waals surface area (Å²) in [6, 6.07) is 15.4. The lowest BCUT2D eigenvalue weighted by atomic mass is 10.1. The molecule has 0 unspecified atom stereocenters. The highest BCUT2D eigenvalue weighted by atomic mass is 16.4. The zero-order valence-corrected chi connectivity index (χ0v) is 15.2. The van der Waals surface area contributed by atoms with Gasteiger partial charge in [-0.15, -0.1) is 10.2 Å². The molecule has 0 atom stereocenters. The third-order valence-corrected chi connectivity index (χ3v) is 4.41. The summed E-state index contributed by atoms with van der Waals surface area (Å²) in [5.41, 5.74) is 3.56. The van der Waals surface area contributed by atoms with Crippen LogP contribution < -0.4 is 5.32 Å². The Kier molecular flexibility index (Phi) is 4.46. The van der Waals surface area contributed by atoms with E-state index in [9.17, 15) is 4.79 Å². The zero-order valence-electron chi connectivity index (χ0n) is 15.2. The number of amides is 1. The molecule has 0 fully saturated rings. The number of aryl methyl sites for hydroxylation is 2. The second kappa shape index (κ2) is 7.07. The van der Waals surface area contributed by atoms with Gasteiger partial charge in [0.25, 0.3) is 5.91 Å². The minimum absolute atomic E-state index is 0.246. The van der Waals surface area contributed by atoms with Crippen LogP contribution in [0.1, 0.15) is 27.6 Å². The Morgan fingerprint density at radius 1 is 1.04 bits per heavy atom. The normalized spacial score (nSPS) is 11.0. The van der Waals surface area contributed by atoms with Crippen LogP contribution in [0.3, 0.4) is 0 Å². The third-order valence-electron chi connectivity index (χ3n) is 4.41. The van der Waals surface area contributed by atoms with E-state index in [1.807, 2.05) is 62.4 Å². The summed E-state index contributed by atoms with van der Waals surface area (Å²) >= 11 is 0. The van der Waals surface area contributed by atoms with E-state index in [1.54, 1.807) is 0 Å². The second-order valence-electron chi connectivity index (χ2n) is 6.43. The molecule has 0 spiro atoms. The standard InChI is InChI=1S/C21H19N3O3/c1-13-8-9-17-16(12-13)14(2)19(26-17)20(25)22-11-10-18-23-24-21(27-18)15-6-4-3-5-7-15/h3-9,12H,10-11H2,1-2H3,(H,22,25). The van der Waals surface area contributed by atoms with Crippen LogP contribution in [-0.2, 0) is 6.42 Å². The first-order valence-electron chi connectivity index (χ1n) is 8.77. The number of aromatic nitrogens is 2. The van der Waals surface area contributed by atoms with E-state index in [2.05, 4.69) is 15.5 Å². The van der Waals surface area contributed by atoms with Crippen LogP contribution >= 0.6 is 0 Å². The van der Waals surface area contributed by atoms with Crippen molar-refractivity contribution in [1.29, 1.82) is 0 Å². The number of hydrogen-bond acceptors (Lipinski definition) is 5. The number of benzene rings is 2. The molecule has 6 heteroatoms. The molecule has 2 heterocycles. The average molecular weight is 361 g/mol. The first-order valence-corrected chi connectivity index (χ1v) is 8.77. The smallest absolute Gasteiger partial charge is 0.287 e. The molecule has 0 aliphatic rings. The molecular weight excluding hydrogens is 342 g/mol. The summed E-state index contributed by atoms with van der Waals surface area (Å²) < 4.78 is 11.4. The van der Waals surface area contributed by atoms with Crippen molar-refractivity contribution >= 4 is 16.9 Å². The first kappa shape index (κ1) is 17.0. The van der Waals surface area contributed by atoms with Gasteiger partial charge < -0.3 is 14.2 Å². The number of carbonyl (C=O) groups is 1. The summed E-state index contributed by atoms with van der Waals surface area (Å²) in [5, 5.41) is 11.9. The molecule has 2 aromatic carbocycles. The van der Waals surface area contributed by atoms with E-state index < -0.39 is 0 Å². The molecule has 0 bridgehead atoms. The summed E-state index contributed by atoms with van der Waals surface area (Å²) in [6.45, 7) is 4.29. The van der Waals surface area contributed by atoms with Gasteiger partial charge in [0.2, 0.25) is 11.8 Å². The van der Waals surface area contributed by atoms with Crippen molar-refractivity contribution in [3.63, 3.8) is 0 Å². The third kappa shape index (κ3) is 3.46. The fourth-order valence-corrected chi connectivity index (χ4v) is 2.97. The fourth-order valence-electron chi connectivity index (χ4n) is 2.97. The van der Waals surface area contributed by atoms with Gasteiger partial charge in [-0.2, -0.15) is 0 Å². The molecule has 136 valence electrons. The first-order chi connectivity index (χ1) is 13.1. The monoisotopic (exact) mass is 361 g/mol. The molecule has 0 saturated heterocycles. The molecule has 1 amide bonds. The highest BCUT2D eigenvalue weighted by Gasteiger charge is 2.17. The number of fused-ring (bicyclic) bond motifs is 1. The van der Waals surface area contributed by atoms with Gasteiger partial charge in [-0.3, -0.25) is 4.79 Å². The van der Waals surface area contributed by atoms with Crippen LogP contribution in [0, 0.1) is 13.8 Å². The maximum absolute atomic E-state index is 12.5. The van der Waals surface area contributed by atoms with Gasteiger partial charge in [0.15, 0.2) is 5.76 Å². The molecule has 27 heavy (non-hydrogen) atoms. The average Bonchev–Trinajstić information content (AvgIpc) is 3.28. The minimum Gasteiger partial charge on any atom is -0.451 e. The van der Waals surface area contributed by atoms with E-state index in [0.717, 1.165) is 22.1 Å². The lowest BCUT2D eigenvalue weighted by Gasteiger charge is -2.01. The van der Waals surface area contributed by atoms with Gasteiger partial charge in [-0.05, 0) is 38.1 Å². The fraction of sp³-hybridized carbons (Fsp3) is 0.190. The van der Waals surface area contributed by atoms with Crippen LogP contribution in [0.25, 0.3) is 22.4 Å². The molecule has 6 nitrogen and oxygen atoms in total. The Balaban J connectivity index is 1.40. The molecule has 0 radical (unpaired) electrons. The van der Waals surface area contributed by atoms with Gasteiger partial charge in [0.05, 0.1) is 0 Å². The zero-order chi connectivity index (χ0) is 18.8. The number of carbonyl (C=O) groups excluding carboxylic acids is 1. The Morgan fingerprint density at radius 2 is 1.85 bits per heavy atom. The van der Waals surface area contributed by atoms with E-state index in [4.69, 9.17) is 8.83 Å². The van der Waals surface area contributed by atoms with Crippen molar-refractivity contribution < 1.29 is 13.6 Å². The summed E-state index contributed by atoms with van der Waals surface area (Å²) in [4.78, 5) is 12.5. The van der Waals surface area contributed by atoms with Gasteiger partial charge in [-0.1, -0.05) is 29.8 Å². The highest BCUT2D eigenvalue weighted by molar-refractivity contribution is 5.99. The number of nitrogens with one attached hydrogen (secondary N) is 1. The van der Waals surface area contributed by atoms with Crippen LogP contribution in [0.15, 0.2) is 57.4 Å².